The number of rotatable bonds is 6. The van der Waals surface area contributed by atoms with Crippen molar-refractivity contribution in [3.63, 3.8) is 0 Å². The maximum atomic E-state index is 13.6. The Hall–Kier alpha value is -4.59. The highest BCUT2D eigenvalue weighted by atomic mass is 16.5. The van der Waals surface area contributed by atoms with Gasteiger partial charge in [0.25, 0.3) is 5.91 Å². The number of carbonyl (C=O) groups excluding carboxylic acids is 1. The number of benzene rings is 3. The van der Waals surface area contributed by atoms with E-state index in [9.17, 15) is 14.7 Å². The summed E-state index contributed by atoms with van der Waals surface area (Å²) in [7, 11) is 3.12. The highest BCUT2D eigenvalue weighted by Gasteiger charge is 2.43. The van der Waals surface area contributed by atoms with Gasteiger partial charge >= 0.3 is 5.97 Å². The van der Waals surface area contributed by atoms with E-state index in [4.69, 9.17) is 9.47 Å². The van der Waals surface area contributed by atoms with Gasteiger partial charge < -0.3 is 14.6 Å². The number of aromatic nitrogens is 2. The monoisotopic (exact) mass is 455 g/mol. The van der Waals surface area contributed by atoms with Gasteiger partial charge in [-0.1, -0.05) is 36.4 Å². The first-order valence-corrected chi connectivity index (χ1v) is 10.6. The molecule has 5 rings (SSSR count). The molecule has 0 saturated carbocycles. The molecule has 0 fully saturated rings. The van der Waals surface area contributed by atoms with Crippen LogP contribution >= 0.6 is 0 Å². The fourth-order valence-electron chi connectivity index (χ4n) is 4.33. The smallest absolute Gasteiger partial charge is 0.335 e. The molecule has 4 aromatic rings. The molecule has 1 atom stereocenters. The lowest BCUT2D eigenvalue weighted by Gasteiger charge is -2.27. The molecule has 0 bridgehead atoms. The largest absolute Gasteiger partial charge is 0.493 e. The Morgan fingerprint density at radius 1 is 0.971 bits per heavy atom. The van der Waals surface area contributed by atoms with Gasteiger partial charge in [-0.05, 0) is 42.0 Å². The average Bonchev–Trinajstić information content (AvgIpc) is 3.43. The molecule has 2 N–H and O–H groups in total. The third-order valence-electron chi connectivity index (χ3n) is 5.93. The number of fused-ring (bicyclic) bond motifs is 1. The Morgan fingerprint density at radius 3 is 2.32 bits per heavy atom. The van der Waals surface area contributed by atoms with E-state index in [0.29, 0.717) is 28.6 Å². The number of carboxylic acids is 1. The third kappa shape index (κ3) is 3.36. The van der Waals surface area contributed by atoms with Crippen molar-refractivity contribution in [3.8, 4) is 22.8 Å². The number of H-pyrrole nitrogens is 1. The maximum Gasteiger partial charge on any atom is 0.335 e. The van der Waals surface area contributed by atoms with E-state index in [2.05, 4.69) is 10.2 Å². The van der Waals surface area contributed by atoms with Crippen LogP contribution in [0.25, 0.3) is 11.3 Å². The SMILES string of the molecule is COc1ccc(C2c3c(-c4ccccc4)n[nH]c3C(=O)N2c2ccc(C(=O)O)cc2)cc1OC. The minimum Gasteiger partial charge on any atom is -0.493 e. The number of hydrogen-bond donors (Lipinski definition) is 2. The second-order valence-corrected chi connectivity index (χ2v) is 7.77. The van der Waals surface area contributed by atoms with Gasteiger partial charge in [0, 0.05) is 16.8 Å². The van der Waals surface area contributed by atoms with Crippen LogP contribution in [-0.2, 0) is 0 Å². The molecule has 1 aromatic heterocycles. The number of aromatic amines is 1. The molecule has 3 aromatic carbocycles. The molecule has 170 valence electrons. The zero-order valence-corrected chi connectivity index (χ0v) is 18.5. The zero-order chi connectivity index (χ0) is 23.8. The van der Waals surface area contributed by atoms with Crippen LogP contribution in [0.15, 0.2) is 72.8 Å². The minimum atomic E-state index is -1.03. The van der Waals surface area contributed by atoms with Crippen molar-refractivity contribution in [2.24, 2.45) is 0 Å². The van der Waals surface area contributed by atoms with E-state index < -0.39 is 12.0 Å². The third-order valence-corrected chi connectivity index (χ3v) is 5.93. The van der Waals surface area contributed by atoms with E-state index in [1.54, 1.807) is 37.3 Å². The quantitative estimate of drug-likeness (QED) is 0.442. The Balaban J connectivity index is 1.71. The van der Waals surface area contributed by atoms with Crippen LogP contribution in [0.3, 0.4) is 0 Å². The van der Waals surface area contributed by atoms with Crippen LogP contribution < -0.4 is 14.4 Å². The zero-order valence-electron chi connectivity index (χ0n) is 18.5. The summed E-state index contributed by atoms with van der Waals surface area (Å²) in [6, 6.07) is 20.9. The predicted octanol–water partition coefficient (Wildman–Crippen LogP) is 4.54. The number of carboxylic acid groups (broad SMARTS) is 1. The van der Waals surface area contributed by atoms with Gasteiger partial charge in [0.1, 0.15) is 5.69 Å². The van der Waals surface area contributed by atoms with Gasteiger partial charge in [0.2, 0.25) is 0 Å². The van der Waals surface area contributed by atoms with E-state index in [1.807, 2.05) is 42.5 Å². The Labute approximate surface area is 195 Å². The topological polar surface area (TPSA) is 105 Å². The summed E-state index contributed by atoms with van der Waals surface area (Å²) in [5.41, 5.74) is 4.19. The fourth-order valence-corrected chi connectivity index (χ4v) is 4.33. The number of amides is 1. The predicted molar refractivity (Wildman–Crippen MR) is 126 cm³/mol. The molecule has 0 radical (unpaired) electrons. The first-order chi connectivity index (χ1) is 16.5. The number of nitrogens with zero attached hydrogens (tertiary/aromatic N) is 2. The summed E-state index contributed by atoms with van der Waals surface area (Å²) in [6.07, 6.45) is 0. The molecule has 8 heteroatoms. The molecule has 1 aliphatic heterocycles. The Bertz CT molecular complexity index is 1380. The Morgan fingerprint density at radius 2 is 1.68 bits per heavy atom. The van der Waals surface area contributed by atoms with Crippen LogP contribution in [0.2, 0.25) is 0 Å². The summed E-state index contributed by atoms with van der Waals surface area (Å²) in [5, 5.41) is 16.7. The first-order valence-electron chi connectivity index (χ1n) is 10.6. The highest BCUT2D eigenvalue weighted by molar-refractivity contribution is 6.12. The van der Waals surface area contributed by atoms with Gasteiger partial charge in [0.05, 0.1) is 31.5 Å². The minimum absolute atomic E-state index is 0.142. The van der Waals surface area contributed by atoms with E-state index >= 15 is 0 Å². The molecule has 1 unspecified atom stereocenters. The van der Waals surface area contributed by atoms with Crippen molar-refractivity contribution in [1.29, 1.82) is 0 Å². The van der Waals surface area contributed by atoms with Crippen molar-refractivity contribution in [1.82, 2.24) is 10.2 Å². The summed E-state index contributed by atoms with van der Waals surface area (Å²) in [4.78, 5) is 26.6. The lowest BCUT2D eigenvalue weighted by Crippen LogP contribution is -2.29. The van der Waals surface area contributed by atoms with Gasteiger partial charge in [-0.3, -0.25) is 14.8 Å². The van der Waals surface area contributed by atoms with Crippen LogP contribution in [0, 0.1) is 0 Å². The van der Waals surface area contributed by atoms with Gasteiger partial charge in [0.15, 0.2) is 11.5 Å². The van der Waals surface area contributed by atoms with Crippen molar-refractivity contribution in [2.45, 2.75) is 6.04 Å². The molecule has 0 saturated heterocycles. The van der Waals surface area contributed by atoms with Crippen molar-refractivity contribution in [3.05, 3.63) is 95.2 Å². The molecular formula is C26H21N3O5. The van der Waals surface area contributed by atoms with Crippen LogP contribution in [0.5, 0.6) is 11.5 Å². The number of anilines is 1. The number of ether oxygens (including phenoxy) is 2. The number of carbonyl (C=O) groups is 2. The van der Waals surface area contributed by atoms with Crippen LogP contribution in [0.1, 0.15) is 38.0 Å². The van der Waals surface area contributed by atoms with E-state index in [-0.39, 0.29) is 11.5 Å². The molecule has 2 heterocycles. The summed E-state index contributed by atoms with van der Waals surface area (Å²) in [5.74, 6) is -0.181. The van der Waals surface area contributed by atoms with Crippen molar-refractivity contribution < 1.29 is 24.2 Å². The second kappa shape index (κ2) is 8.40. The summed E-state index contributed by atoms with van der Waals surface area (Å²) >= 11 is 0. The number of aromatic carboxylic acids is 1. The molecule has 34 heavy (non-hydrogen) atoms. The molecule has 0 spiro atoms. The normalized spacial score (nSPS) is 14.7. The lowest BCUT2D eigenvalue weighted by atomic mass is 9.95. The van der Waals surface area contributed by atoms with Gasteiger partial charge in [-0.2, -0.15) is 5.10 Å². The van der Waals surface area contributed by atoms with Gasteiger partial charge in [-0.25, -0.2) is 4.79 Å². The van der Waals surface area contributed by atoms with Gasteiger partial charge in [-0.15, -0.1) is 0 Å². The second-order valence-electron chi connectivity index (χ2n) is 7.77. The van der Waals surface area contributed by atoms with Crippen molar-refractivity contribution >= 4 is 17.6 Å². The number of hydrogen-bond acceptors (Lipinski definition) is 5. The molecular weight excluding hydrogens is 434 g/mol. The standard InChI is InChI=1S/C26H21N3O5/c1-33-19-13-10-17(14-20(19)34-2)24-21-22(15-6-4-3-5-7-15)27-28-23(21)25(30)29(24)18-11-8-16(9-12-18)26(31)32/h3-14,24H,1-2H3,(H,27,28)(H,31,32). The lowest BCUT2D eigenvalue weighted by molar-refractivity contribution is 0.0696. The molecule has 1 aliphatic rings. The molecule has 8 nitrogen and oxygen atoms in total. The van der Waals surface area contributed by atoms with E-state index in [0.717, 1.165) is 16.7 Å². The van der Waals surface area contributed by atoms with E-state index in [1.165, 1.54) is 12.1 Å². The number of nitrogens with one attached hydrogen (secondary N) is 1. The molecule has 0 aliphatic carbocycles. The highest BCUT2D eigenvalue weighted by Crippen LogP contribution is 2.46. The Kier molecular flexibility index (Phi) is 5.25. The molecule has 1 amide bonds. The first kappa shape index (κ1) is 21.3. The number of methoxy groups -OCH3 is 2. The summed E-state index contributed by atoms with van der Waals surface area (Å²) in [6.45, 7) is 0. The van der Waals surface area contributed by atoms with Crippen LogP contribution in [-0.4, -0.2) is 41.4 Å². The van der Waals surface area contributed by atoms with Crippen molar-refractivity contribution in [2.75, 3.05) is 19.1 Å². The average molecular weight is 455 g/mol. The summed E-state index contributed by atoms with van der Waals surface area (Å²) < 4.78 is 10.9. The fraction of sp³-hybridized carbons (Fsp3) is 0.115. The van der Waals surface area contributed by atoms with Crippen LogP contribution in [0.4, 0.5) is 5.69 Å². The maximum absolute atomic E-state index is 13.6.